The third-order valence-electron chi connectivity index (χ3n) is 2.58. The Bertz CT molecular complexity index is 408. The summed E-state index contributed by atoms with van der Waals surface area (Å²) >= 11 is 1.84. The predicted molar refractivity (Wildman–Crippen MR) is 70.0 cm³/mol. The lowest BCUT2D eigenvalue weighted by molar-refractivity contribution is 0.0937. The first-order valence-corrected chi connectivity index (χ1v) is 7.05. The first-order chi connectivity index (χ1) is 8.81. The molecular weight excluding hydrogens is 252 g/mol. The second-order valence-electron chi connectivity index (χ2n) is 3.94. The average Bonchev–Trinajstić information content (AvgIpc) is 2.89. The van der Waals surface area contributed by atoms with Gasteiger partial charge in [-0.3, -0.25) is 4.79 Å². The molecule has 0 spiro atoms. The number of pyridine rings is 1. The maximum absolute atomic E-state index is 11.9. The highest BCUT2D eigenvalue weighted by Gasteiger charge is 2.21. The van der Waals surface area contributed by atoms with Crippen LogP contribution in [0.3, 0.4) is 0 Å². The maximum atomic E-state index is 11.9. The van der Waals surface area contributed by atoms with E-state index in [-0.39, 0.29) is 25.2 Å². The van der Waals surface area contributed by atoms with Crippen LogP contribution in [0.4, 0.5) is 0 Å². The van der Waals surface area contributed by atoms with E-state index in [9.17, 15) is 4.79 Å². The van der Waals surface area contributed by atoms with Crippen molar-refractivity contribution in [3.63, 3.8) is 0 Å². The Morgan fingerprint density at radius 2 is 2.56 bits per heavy atom. The predicted octanol–water partition coefficient (Wildman–Crippen LogP) is 0.688. The summed E-state index contributed by atoms with van der Waals surface area (Å²) < 4.78 is 5.75. The van der Waals surface area contributed by atoms with E-state index >= 15 is 0 Å². The molecule has 1 aromatic heterocycles. The fourth-order valence-electron chi connectivity index (χ4n) is 1.69. The molecule has 0 radical (unpaired) electrons. The fourth-order valence-corrected chi connectivity index (χ4v) is 2.78. The summed E-state index contributed by atoms with van der Waals surface area (Å²) in [7, 11) is 0. The highest BCUT2D eigenvalue weighted by Crippen LogP contribution is 2.23. The Hall–Kier alpha value is -1.27. The molecule has 1 aliphatic heterocycles. The maximum Gasteiger partial charge on any atom is 0.256 e. The zero-order chi connectivity index (χ0) is 12.8. The smallest absolute Gasteiger partial charge is 0.256 e. The van der Waals surface area contributed by atoms with Crippen LogP contribution in [-0.2, 0) is 0 Å². The number of amides is 1. The minimum Gasteiger partial charge on any atom is -0.473 e. The molecular formula is C12H16N2O3S. The zero-order valence-electron chi connectivity index (χ0n) is 9.96. The molecule has 1 aliphatic rings. The molecule has 98 valence electrons. The van der Waals surface area contributed by atoms with E-state index in [1.54, 1.807) is 18.3 Å². The van der Waals surface area contributed by atoms with Gasteiger partial charge in [-0.05, 0) is 24.3 Å². The Labute approximate surface area is 110 Å². The molecule has 2 rings (SSSR count). The van der Waals surface area contributed by atoms with Gasteiger partial charge in [0.25, 0.3) is 5.91 Å². The van der Waals surface area contributed by atoms with Gasteiger partial charge in [-0.2, -0.15) is 11.8 Å². The van der Waals surface area contributed by atoms with E-state index in [1.165, 1.54) is 0 Å². The SMILES string of the molecule is O=C(NCCO)c1cccnc1OC1CCSC1. The van der Waals surface area contributed by atoms with Crippen molar-refractivity contribution >= 4 is 17.7 Å². The van der Waals surface area contributed by atoms with Crippen molar-refractivity contribution in [2.75, 3.05) is 24.7 Å². The monoisotopic (exact) mass is 268 g/mol. The molecule has 0 bridgehead atoms. The largest absolute Gasteiger partial charge is 0.473 e. The molecule has 0 aliphatic carbocycles. The number of nitrogens with one attached hydrogen (secondary N) is 1. The van der Waals surface area contributed by atoms with E-state index in [2.05, 4.69) is 10.3 Å². The van der Waals surface area contributed by atoms with Gasteiger partial charge in [-0.1, -0.05) is 0 Å². The molecule has 1 atom stereocenters. The van der Waals surface area contributed by atoms with Crippen LogP contribution in [0.5, 0.6) is 5.88 Å². The lowest BCUT2D eigenvalue weighted by Crippen LogP contribution is -2.28. The normalized spacial score (nSPS) is 18.6. The standard InChI is InChI=1S/C12H16N2O3S/c15-6-5-13-11(16)10-2-1-4-14-12(10)17-9-3-7-18-8-9/h1-2,4,9,15H,3,5-8H2,(H,13,16). The molecule has 0 saturated carbocycles. The first kappa shape index (κ1) is 13.2. The number of aliphatic hydroxyl groups excluding tert-OH is 1. The quantitative estimate of drug-likeness (QED) is 0.822. The summed E-state index contributed by atoms with van der Waals surface area (Å²) in [6.45, 7) is 0.147. The van der Waals surface area contributed by atoms with E-state index in [0.717, 1.165) is 17.9 Å². The highest BCUT2D eigenvalue weighted by molar-refractivity contribution is 7.99. The number of carbonyl (C=O) groups excluding carboxylic acids is 1. The number of carbonyl (C=O) groups is 1. The molecule has 6 heteroatoms. The van der Waals surface area contributed by atoms with Crippen molar-refractivity contribution in [1.82, 2.24) is 10.3 Å². The van der Waals surface area contributed by atoms with Gasteiger partial charge in [0.15, 0.2) is 0 Å². The van der Waals surface area contributed by atoms with Crippen molar-refractivity contribution < 1.29 is 14.6 Å². The number of hydrogen-bond acceptors (Lipinski definition) is 5. The second-order valence-corrected chi connectivity index (χ2v) is 5.09. The zero-order valence-corrected chi connectivity index (χ0v) is 10.8. The number of hydrogen-bond donors (Lipinski definition) is 2. The molecule has 1 unspecified atom stereocenters. The third-order valence-corrected chi connectivity index (χ3v) is 3.71. The summed E-state index contributed by atoms with van der Waals surface area (Å²) in [5.41, 5.74) is 0.419. The molecule has 0 aromatic carbocycles. The lowest BCUT2D eigenvalue weighted by atomic mass is 10.2. The van der Waals surface area contributed by atoms with Crippen molar-refractivity contribution in [3.8, 4) is 5.88 Å². The van der Waals surface area contributed by atoms with Gasteiger partial charge in [-0.25, -0.2) is 4.98 Å². The van der Waals surface area contributed by atoms with Crippen molar-refractivity contribution in [2.45, 2.75) is 12.5 Å². The van der Waals surface area contributed by atoms with E-state index in [4.69, 9.17) is 9.84 Å². The van der Waals surface area contributed by atoms with Crippen molar-refractivity contribution in [1.29, 1.82) is 0 Å². The number of thioether (sulfide) groups is 1. The minimum absolute atomic E-state index is 0.0819. The summed E-state index contributed by atoms with van der Waals surface area (Å²) in [5.74, 6) is 2.14. The Morgan fingerprint density at radius 1 is 1.67 bits per heavy atom. The van der Waals surface area contributed by atoms with E-state index in [1.807, 2.05) is 11.8 Å². The molecule has 18 heavy (non-hydrogen) atoms. The molecule has 2 N–H and O–H groups in total. The topological polar surface area (TPSA) is 71.5 Å². The highest BCUT2D eigenvalue weighted by atomic mass is 32.2. The second kappa shape index (κ2) is 6.61. The van der Waals surface area contributed by atoms with Crippen LogP contribution in [0.25, 0.3) is 0 Å². The average molecular weight is 268 g/mol. The van der Waals surface area contributed by atoms with Gasteiger partial charge in [0.2, 0.25) is 5.88 Å². The first-order valence-electron chi connectivity index (χ1n) is 5.89. The number of nitrogens with zero attached hydrogens (tertiary/aromatic N) is 1. The van der Waals surface area contributed by atoms with Gasteiger partial charge >= 0.3 is 0 Å². The van der Waals surface area contributed by atoms with Crippen LogP contribution in [-0.4, -0.2) is 46.8 Å². The van der Waals surface area contributed by atoms with Gasteiger partial charge < -0.3 is 15.2 Å². The summed E-state index contributed by atoms with van der Waals surface area (Å²) in [6.07, 6.45) is 2.73. The van der Waals surface area contributed by atoms with Gasteiger partial charge in [0.1, 0.15) is 11.7 Å². The van der Waals surface area contributed by atoms with Gasteiger partial charge in [0, 0.05) is 18.5 Å². The number of ether oxygens (including phenoxy) is 1. The van der Waals surface area contributed by atoms with Crippen LogP contribution in [0.2, 0.25) is 0 Å². The summed E-state index contributed by atoms with van der Waals surface area (Å²) in [6, 6.07) is 3.38. The molecule has 2 heterocycles. The molecule has 5 nitrogen and oxygen atoms in total. The lowest BCUT2D eigenvalue weighted by Gasteiger charge is -2.14. The van der Waals surface area contributed by atoms with Crippen LogP contribution < -0.4 is 10.1 Å². The van der Waals surface area contributed by atoms with Crippen LogP contribution in [0.15, 0.2) is 18.3 Å². The fraction of sp³-hybridized carbons (Fsp3) is 0.500. The minimum atomic E-state index is -0.266. The van der Waals surface area contributed by atoms with Crippen LogP contribution in [0, 0.1) is 0 Å². The Kier molecular flexibility index (Phi) is 4.83. The number of aliphatic hydroxyl groups is 1. The van der Waals surface area contributed by atoms with Gasteiger partial charge in [-0.15, -0.1) is 0 Å². The van der Waals surface area contributed by atoms with Crippen LogP contribution >= 0.6 is 11.8 Å². The van der Waals surface area contributed by atoms with Crippen LogP contribution in [0.1, 0.15) is 16.8 Å². The Morgan fingerprint density at radius 3 is 3.28 bits per heavy atom. The van der Waals surface area contributed by atoms with Gasteiger partial charge in [0.05, 0.1) is 6.61 Å². The van der Waals surface area contributed by atoms with E-state index < -0.39 is 0 Å². The van der Waals surface area contributed by atoms with Crippen molar-refractivity contribution in [3.05, 3.63) is 23.9 Å². The Balaban J connectivity index is 2.06. The summed E-state index contributed by atoms with van der Waals surface area (Å²) in [4.78, 5) is 16.0. The summed E-state index contributed by atoms with van der Waals surface area (Å²) in [5, 5.41) is 11.3. The molecule has 1 aromatic rings. The molecule has 1 saturated heterocycles. The van der Waals surface area contributed by atoms with E-state index in [0.29, 0.717) is 11.4 Å². The molecule has 1 fully saturated rings. The number of aromatic nitrogens is 1. The van der Waals surface area contributed by atoms with Crippen molar-refractivity contribution in [2.24, 2.45) is 0 Å². The third kappa shape index (κ3) is 3.36. The number of rotatable bonds is 5. The molecule has 1 amide bonds.